The lowest BCUT2D eigenvalue weighted by Gasteiger charge is -2.29. The third-order valence-corrected chi connectivity index (χ3v) is 4.95. The first kappa shape index (κ1) is 19.0. The lowest BCUT2D eigenvalue weighted by Crippen LogP contribution is -2.44. The number of hydrogen-bond donors (Lipinski definition) is 2. The summed E-state index contributed by atoms with van der Waals surface area (Å²) in [5.74, 6) is 0.606. The molecule has 0 saturated heterocycles. The van der Waals surface area contributed by atoms with Gasteiger partial charge in [0.05, 0.1) is 30.4 Å². The number of benzene rings is 1. The van der Waals surface area contributed by atoms with Crippen molar-refractivity contribution in [2.24, 2.45) is 0 Å². The number of furan rings is 1. The zero-order valence-corrected chi connectivity index (χ0v) is 15.0. The van der Waals surface area contributed by atoms with Crippen LogP contribution >= 0.6 is 0 Å². The molecule has 0 aliphatic heterocycles. The average molecular weight is 366 g/mol. The molecule has 25 heavy (non-hydrogen) atoms. The maximum absolute atomic E-state index is 12.6. The van der Waals surface area contributed by atoms with Gasteiger partial charge in [-0.05, 0) is 42.8 Å². The summed E-state index contributed by atoms with van der Waals surface area (Å²) in [5.41, 5.74) is 0.467. The van der Waals surface area contributed by atoms with Crippen molar-refractivity contribution in [3.05, 3.63) is 48.4 Å². The molecule has 2 rings (SSSR count). The van der Waals surface area contributed by atoms with Crippen molar-refractivity contribution < 1.29 is 22.7 Å². The van der Waals surface area contributed by atoms with Crippen LogP contribution < -0.4 is 5.32 Å². The van der Waals surface area contributed by atoms with E-state index in [9.17, 15) is 18.3 Å². The Bertz CT molecular complexity index is 781. The largest absolute Gasteiger partial charge is 0.467 e. The number of amides is 2. The fourth-order valence-electron chi connectivity index (χ4n) is 2.37. The van der Waals surface area contributed by atoms with Crippen molar-refractivity contribution in [1.29, 1.82) is 0 Å². The quantitative estimate of drug-likeness (QED) is 0.784. The Morgan fingerprint density at radius 3 is 2.44 bits per heavy atom. The van der Waals surface area contributed by atoms with Crippen molar-refractivity contribution >= 4 is 21.6 Å². The van der Waals surface area contributed by atoms with E-state index in [4.69, 9.17) is 4.42 Å². The summed E-state index contributed by atoms with van der Waals surface area (Å²) in [6.45, 7) is 1.93. The summed E-state index contributed by atoms with van der Waals surface area (Å²) in [7, 11) is -3.29. The molecular formula is C17H22N2O5S. The molecule has 2 aromatic rings. The number of sulfone groups is 1. The van der Waals surface area contributed by atoms with E-state index in [1.54, 1.807) is 12.1 Å². The fraction of sp³-hybridized carbons (Fsp3) is 0.353. The minimum Gasteiger partial charge on any atom is -0.467 e. The molecule has 1 atom stereocenters. The van der Waals surface area contributed by atoms with Gasteiger partial charge in [0.1, 0.15) is 5.76 Å². The van der Waals surface area contributed by atoms with E-state index in [-0.39, 0.29) is 24.1 Å². The maximum atomic E-state index is 12.6. The Hall–Kier alpha value is -2.32. The van der Waals surface area contributed by atoms with Crippen LogP contribution in [0.15, 0.2) is 52.0 Å². The second-order valence-electron chi connectivity index (χ2n) is 5.68. The third-order valence-electron chi connectivity index (χ3n) is 3.82. The van der Waals surface area contributed by atoms with Crippen molar-refractivity contribution in [1.82, 2.24) is 4.90 Å². The Labute approximate surface area is 147 Å². The summed E-state index contributed by atoms with van der Waals surface area (Å²) in [5, 5.41) is 12.3. The van der Waals surface area contributed by atoms with Gasteiger partial charge in [0, 0.05) is 11.9 Å². The molecule has 0 bridgehead atoms. The highest BCUT2D eigenvalue weighted by atomic mass is 32.2. The molecule has 136 valence electrons. The topological polar surface area (TPSA) is 99.8 Å². The zero-order chi connectivity index (χ0) is 18.4. The van der Waals surface area contributed by atoms with E-state index in [1.165, 1.54) is 35.4 Å². The number of carbonyl (C=O) groups excluding carboxylic acids is 1. The number of hydrogen-bond acceptors (Lipinski definition) is 5. The predicted molar refractivity (Wildman–Crippen MR) is 94.0 cm³/mol. The zero-order valence-electron chi connectivity index (χ0n) is 14.2. The monoisotopic (exact) mass is 366 g/mol. The van der Waals surface area contributed by atoms with Crippen molar-refractivity contribution in [3.63, 3.8) is 0 Å². The molecule has 0 aliphatic rings. The van der Waals surface area contributed by atoms with E-state index in [0.29, 0.717) is 17.9 Å². The first-order valence-corrected chi connectivity index (χ1v) is 9.75. The number of nitrogens with one attached hydrogen (secondary N) is 1. The number of aliphatic hydroxyl groups excluding tert-OH is 1. The molecule has 1 aromatic carbocycles. The summed E-state index contributed by atoms with van der Waals surface area (Å²) >= 11 is 0. The van der Waals surface area contributed by atoms with E-state index in [2.05, 4.69) is 5.32 Å². The van der Waals surface area contributed by atoms with Gasteiger partial charge in [0.2, 0.25) is 0 Å². The van der Waals surface area contributed by atoms with Crippen LogP contribution in [0.2, 0.25) is 0 Å². The SMILES string of the molecule is CC[C@H](CO)N(Cc1ccco1)C(=O)Nc1ccc(S(C)(=O)=O)cc1. The second-order valence-corrected chi connectivity index (χ2v) is 7.69. The van der Waals surface area contributed by atoms with Crippen molar-refractivity contribution in [2.45, 2.75) is 30.8 Å². The van der Waals surface area contributed by atoms with Gasteiger partial charge in [0.15, 0.2) is 9.84 Å². The highest BCUT2D eigenvalue weighted by Crippen LogP contribution is 2.17. The Morgan fingerprint density at radius 2 is 1.96 bits per heavy atom. The Morgan fingerprint density at radius 1 is 1.28 bits per heavy atom. The van der Waals surface area contributed by atoms with Gasteiger partial charge in [-0.25, -0.2) is 13.2 Å². The summed E-state index contributed by atoms with van der Waals surface area (Å²) in [6.07, 6.45) is 3.23. The molecule has 0 aliphatic carbocycles. The second kappa shape index (κ2) is 8.17. The lowest BCUT2D eigenvalue weighted by molar-refractivity contribution is 0.129. The molecule has 2 amide bonds. The van der Waals surface area contributed by atoms with Crippen LogP contribution in [-0.2, 0) is 16.4 Å². The van der Waals surface area contributed by atoms with Gasteiger partial charge >= 0.3 is 6.03 Å². The van der Waals surface area contributed by atoms with Crippen LogP contribution in [0.1, 0.15) is 19.1 Å². The highest BCUT2D eigenvalue weighted by Gasteiger charge is 2.23. The fourth-order valence-corrected chi connectivity index (χ4v) is 3.00. The average Bonchev–Trinajstić information content (AvgIpc) is 3.08. The molecule has 1 heterocycles. The molecule has 7 nitrogen and oxygen atoms in total. The van der Waals surface area contributed by atoms with E-state index >= 15 is 0 Å². The first-order valence-electron chi connectivity index (χ1n) is 7.86. The standard InChI is InChI=1S/C17H22N2O5S/c1-3-14(12-20)19(11-15-5-4-10-24-15)17(21)18-13-6-8-16(9-7-13)25(2,22)23/h4-10,14,20H,3,11-12H2,1-2H3,(H,18,21)/t14-/m1/s1. The minimum atomic E-state index is -3.29. The van der Waals surface area contributed by atoms with E-state index < -0.39 is 15.9 Å². The van der Waals surface area contributed by atoms with Crippen LogP contribution in [0.3, 0.4) is 0 Å². The van der Waals surface area contributed by atoms with Gasteiger partial charge < -0.3 is 19.7 Å². The molecule has 0 saturated carbocycles. The summed E-state index contributed by atoms with van der Waals surface area (Å²) in [4.78, 5) is 14.3. The minimum absolute atomic E-state index is 0.169. The highest BCUT2D eigenvalue weighted by molar-refractivity contribution is 7.90. The molecule has 0 spiro atoms. The lowest BCUT2D eigenvalue weighted by atomic mass is 10.2. The van der Waals surface area contributed by atoms with Gasteiger partial charge in [-0.15, -0.1) is 0 Å². The number of anilines is 1. The molecule has 1 aromatic heterocycles. The van der Waals surface area contributed by atoms with Crippen LogP contribution in [-0.4, -0.2) is 43.4 Å². The Kier molecular flexibility index (Phi) is 6.22. The van der Waals surface area contributed by atoms with Gasteiger partial charge in [-0.2, -0.15) is 0 Å². The molecule has 0 fully saturated rings. The number of urea groups is 1. The molecule has 0 unspecified atom stereocenters. The van der Waals surface area contributed by atoms with Crippen LogP contribution in [0, 0.1) is 0 Å². The van der Waals surface area contributed by atoms with Gasteiger partial charge in [0.25, 0.3) is 0 Å². The first-order chi connectivity index (χ1) is 11.8. The Balaban J connectivity index is 2.15. The molecule has 8 heteroatoms. The number of carbonyl (C=O) groups is 1. The van der Waals surface area contributed by atoms with Crippen molar-refractivity contribution in [3.8, 4) is 0 Å². The third kappa shape index (κ3) is 5.07. The maximum Gasteiger partial charge on any atom is 0.322 e. The van der Waals surface area contributed by atoms with Crippen LogP contribution in [0.25, 0.3) is 0 Å². The van der Waals surface area contributed by atoms with Gasteiger partial charge in [-0.1, -0.05) is 6.92 Å². The van der Waals surface area contributed by atoms with E-state index in [1.807, 2.05) is 6.92 Å². The van der Waals surface area contributed by atoms with Crippen molar-refractivity contribution in [2.75, 3.05) is 18.2 Å². The van der Waals surface area contributed by atoms with Crippen LogP contribution in [0.4, 0.5) is 10.5 Å². The number of nitrogens with zero attached hydrogens (tertiary/aromatic N) is 1. The smallest absolute Gasteiger partial charge is 0.322 e. The predicted octanol–water partition coefficient (Wildman–Crippen LogP) is 2.49. The summed E-state index contributed by atoms with van der Waals surface area (Å²) < 4.78 is 28.3. The molecular weight excluding hydrogens is 344 g/mol. The normalized spacial score (nSPS) is 12.6. The molecule has 2 N–H and O–H groups in total. The molecule has 0 radical (unpaired) electrons. The van der Waals surface area contributed by atoms with Crippen LogP contribution in [0.5, 0.6) is 0 Å². The van der Waals surface area contributed by atoms with E-state index in [0.717, 1.165) is 6.26 Å². The number of rotatable bonds is 7. The number of aliphatic hydroxyl groups is 1. The summed E-state index contributed by atoms with van der Waals surface area (Å²) in [6, 6.07) is 8.65. The van der Waals surface area contributed by atoms with Gasteiger partial charge in [-0.3, -0.25) is 0 Å².